The summed E-state index contributed by atoms with van der Waals surface area (Å²) in [6.45, 7) is 0.518. The lowest BCUT2D eigenvalue weighted by atomic mass is 10.0. The smallest absolute Gasteiger partial charge is 0.475 e. The number of nitrogens with two attached hydrogens (primary N) is 1. The molecule has 346 valence electrons. The van der Waals surface area contributed by atoms with Gasteiger partial charge in [0.25, 0.3) is 0 Å². The van der Waals surface area contributed by atoms with E-state index in [1.165, 1.54) is 0 Å². The number of amides is 4. The van der Waals surface area contributed by atoms with Crippen LogP contribution in [0.3, 0.4) is 0 Å². The standard InChI is InChI=1S/C45H47N7O6S.C2HF3O2/c46-43(47)38-18-16-32(17-19-38)26-50-44(55)39-22-34-8-4-10-36(20-34)27-48-41(53)24-30-12-14-31(15-13-30)25-42(54)49-28-37-11-5-9-35(21-37)23-40(45(56)51-39)52-59(57,58)29-33-6-2-1-3-7-33;3-2(4,5)1(6)7/h1-21,39-40,52H,22-29H2,(H3,46,47)(H,48,53)(H,49,54)(H,50,55)(H,51,56);(H,6,7)/t39-,40+;/m0./s1. The quantitative estimate of drug-likeness (QED) is 0.0834. The summed E-state index contributed by atoms with van der Waals surface area (Å²) in [4.78, 5) is 63.0. The normalized spacial score (nSPS) is 16.2. The largest absolute Gasteiger partial charge is 0.490 e. The van der Waals surface area contributed by atoms with Crippen molar-refractivity contribution in [2.24, 2.45) is 5.73 Å². The van der Waals surface area contributed by atoms with Gasteiger partial charge in [-0.25, -0.2) is 17.9 Å². The first-order chi connectivity index (χ1) is 31.3. The second-order valence-electron chi connectivity index (χ2n) is 15.4. The molecule has 2 atom stereocenters. The van der Waals surface area contributed by atoms with Crippen LogP contribution in [-0.4, -0.2) is 67.2 Å². The van der Waals surface area contributed by atoms with E-state index in [1.807, 2.05) is 48.5 Å². The van der Waals surface area contributed by atoms with E-state index >= 15 is 0 Å². The number of nitrogen functional groups attached to an aromatic ring is 1. The second kappa shape index (κ2) is 23.0. The first-order valence-corrected chi connectivity index (χ1v) is 22.1. The summed E-state index contributed by atoms with van der Waals surface area (Å²) in [5.74, 6) is -4.84. The highest BCUT2D eigenvalue weighted by molar-refractivity contribution is 7.88. The SMILES string of the molecule is N=C(N)c1ccc(CNC(=O)[C@@H]2Cc3cccc(c3)CNC(=O)Cc3ccc(cc3)CC(=O)NCc3cccc(c3)C[C@@H](NS(=O)(=O)Cc3ccccc3)C(=O)N2)cc1.O=C(O)C(F)(F)F. The van der Waals surface area contributed by atoms with Gasteiger partial charge in [0.2, 0.25) is 33.7 Å². The average Bonchev–Trinajstić information content (AvgIpc) is 3.27. The third-order valence-corrected chi connectivity index (χ3v) is 11.4. The van der Waals surface area contributed by atoms with Crippen molar-refractivity contribution in [2.45, 2.75) is 69.3 Å². The molecular formula is C47H48F3N7O8S. The van der Waals surface area contributed by atoms with Gasteiger partial charge in [-0.15, -0.1) is 0 Å². The first kappa shape index (κ1) is 49.6. The minimum atomic E-state index is -5.08. The molecule has 2 aliphatic rings. The molecule has 0 radical (unpaired) electrons. The lowest BCUT2D eigenvalue weighted by Crippen LogP contribution is -2.55. The van der Waals surface area contributed by atoms with Gasteiger partial charge in [-0.1, -0.05) is 127 Å². The Hall–Kier alpha value is -7.38. The fourth-order valence-electron chi connectivity index (χ4n) is 6.71. The summed E-state index contributed by atoms with van der Waals surface area (Å²) in [6.07, 6.45) is -4.81. The molecule has 6 bridgehead atoms. The number of sulfonamides is 1. The maximum absolute atomic E-state index is 14.3. The topological polar surface area (TPSA) is 250 Å². The van der Waals surface area contributed by atoms with E-state index < -0.39 is 46.1 Å². The number of carboxylic acid groups (broad SMARTS) is 1. The highest BCUT2D eigenvalue weighted by Crippen LogP contribution is 2.16. The zero-order valence-corrected chi connectivity index (χ0v) is 36.2. The molecule has 5 aromatic carbocycles. The van der Waals surface area contributed by atoms with Crippen LogP contribution >= 0.6 is 0 Å². The van der Waals surface area contributed by atoms with Crippen LogP contribution in [0.15, 0.2) is 127 Å². The third kappa shape index (κ3) is 16.3. The average molecular weight is 928 g/mol. The summed E-state index contributed by atoms with van der Waals surface area (Å²) >= 11 is 0. The molecule has 0 aromatic heterocycles. The summed E-state index contributed by atoms with van der Waals surface area (Å²) in [5.41, 5.74) is 11.8. The number of carboxylic acids is 1. The summed E-state index contributed by atoms with van der Waals surface area (Å²) in [6, 6.07) is 34.7. The van der Waals surface area contributed by atoms with E-state index in [2.05, 4.69) is 26.0 Å². The number of fused-ring (bicyclic) bond motifs is 13. The number of nitrogens with one attached hydrogen (secondary N) is 6. The number of hydrogen-bond acceptors (Lipinski definition) is 8. The number of aliphatic carboxylic acids is 1. The Balaban J connectivity index is 0.00000108. The number of alkyl halides is 3. The minimum absolute atomic E-state index is 0.0493. The van der Waals surface area contributed by atoms with Gasteiger partial charge in [-0.3, -0.25) is 24.6 Å². The number of hydrogen-bond donors (Lipinski definition) is 8. The number of benzene rings is 5. The molecule has 0 fully saturated rings. The van der Waals surface area contributed by atoms with Gasteiger partial charge < -0.3 is 32.1 Å². The van der Waals surface area contributed by atoms with Crippen LogP contribution in [0.25, 0.3) is 0 Å². The Kier molecular flexibility index (Phi) is 17.3. The van der Waals surface area contributed by atoms with Crippen LogP contribution in [0.1, 0.15) is 50.1 Å². The van der Waals surface area contributed by atoms with E-state index in [1.54, 1.807) is 78.9 Å². The second-order valence-corrected chi connectivity index (χ2v) is 17.1. The molecule has 4 amide bonds. The molecule has 2 aliphatic heterocycles. The van der Waals surface area contributed by atoms with Gasteiger partial charge in [0.05, 0.1) is 18.6 Å². The van der Waals surface area contributed by atoms with Gasteiger partial charge in [0.1, 0.15) is 17.9 Å². The van der Waals surface area contributed by atoms with Crippen LogP contribution < -0.4 is 31.7 Å². The molecule has 2 heterocycles. The molecule has 15 nitrogen and oxygen atoms in total. The number of halogens is 3. The Morgan fingerprint density at radius 2 is 1.20 bits per heavy atom. The molecule has 0 saturated heterocycles. The van der Waals surface area contributed by atoms with Crippen molar-refractivity contribution in [3.63, 3.8) is 0 Å². The molecule has 0 aliphatic carbocycles. The van der Waals surface area contributed by atoms with E-state index in [4.69, 9.17) is 21.0 Å². The van der Waals surface area contributed by atoms with Gasteiger partial charge >= 0.3 is 12.1 Å². The molecule has 5 aromatic rings. The predicted molar refractivity (Wildman–Crippen MR) is 239 cm³/mol. The fourth-order valence-corrected chi connectivity index (χ4v) is 8.05. The van der Waals surface area contributed by atoms with Crippen LogP contribution in [0.5, 0.6) is 0 Å². The first-order valence-electron chi connectivity index (χ1n) is 20.4. The molecule has 66 heavy (non-hydrogen) atoms. The monoisotopic (exact) mass is 927 g/mol. The predicted octanol–water partition coefficient (Wildman–Crippen LogP) is 3.71. The Morgan fingerprint density at radius 1 is 0.697 bits per heavy atom. The highest BCUT2D eigenvalue weighted by atomic mass is 32.2. The zero-order chi connectivity index (χ0) is 47.9. The number of rotatable bonds is 8. The highest BCUT2D eigenvalue weighted by Gasteiger charge is 2.38. The van der Waals surface area contributed by atoms with Crippen molar-refractivity contribution >= 4 is 45.5 Å². The van der Waals surface area contributed by atoms with Crippen molar-refractivity contribution < 1.29 is 50.7 Å². The van der Waals surface area contributed by atoms with Crippen molar-refractivity contribution in [3.05, 3.63) is 177 Å². The summed E-state index contributed by atoms with van der Waals surface area (Å²) in [5, 5.41) is 26.4. The summed E-state index contributed by atoms with van der Waals surface area (Å²) < 4.78 is 61.6. The Morgan fingerprint density at radius 3 is 1.70 bits per heavy atom. The van der Waals surface area contributed by atoms with Gasteiger partial charge in [0.15, 0.2) is 0 Å². The lowest BCUT2D eigenvalue weighted by molar-refractivity contribution is -0.192. The van der Waals surface area contributed by atoms with Gasteiger partial charge in [-0.2, -0.15) is 13.2 Å². The van der Waals surface area contributed by atoms with Crippen LogP contribution in [0.4, 0.5) is 13.2 Å². The zero-order valence-electron chi connectivity index (χ0n) is 35.4. The van der Waals surface area contributed by atoms with Gasteiger partial charge in [-0.05, 0) is 50.9 Å². The number of carbonyl (C=O) groups is 5. The number of amidine groups is 1. The van der Waals surface area contributed by atoms with Crippen molar-refractivity contribution in [3.8, 4) is 0 Å². The Bertz CT molecular complexity index is 2630. The molecule has 9 N–H and O–H groups in total. The number of carbonyl (C=O) groups excluding carboxylic acids is 4. The molecule has 0 unspecified atom stereocenters. The maximum atomic E-state index is 14.3. The fraction of sp³-hybridized carbons (Fsp3) is 0.234. The molecular weight excluding hydrogens is 880 g/mol. The van der Waals surface area contributed by atoms with Crippen LogP contribution in [0, 0.1) is 5.41 Å². The van der Waals surface area contributed by atoms with Crippen molar-refractivity contribution in [1.82, 2.24) is 26.0 Å². The Labute approximate surface area is 378 Å². The molecule has 0 saturated carbocycles. The van der Waals surface area contributed by atoms with Crippen LogP contribution in [-0.2, 0) is 85.1 Å². The lowest BCUT2D eigenvalue weighted by Gasteiger charge is -2.24. The molecule has 7 rings (SSSR count). The molecule has 19 heteroatoms. The van der Waals surface area contributed by atoms with Crippen molar-refractivity contribution in [2.75, 3.05) is 0 Å². The van der Waals surface area contributed by atoms with Crippen LogP contribution in [0.2, 0.25) is 0 Å². The minimum Gasteiger partial charge on any atom is -0.475 e. The van der Waals surface area contributed by atoms with Gasteiger partial charge in [0, 0.05) is 31.6 Å². The van der Waals surface area contributed by atoms with E-state index in [-0.39, 0.29) is 68.7 Å². The summed E-state index contributed by atoms with van der Waals surface area (Å²) in [7, 11) is -4.07. The third-order valence-electron chi connectivity index (χ3n) is 10.0. The molecule has 0 spiro atoms. The van der Waals surface area contributed by atoms with E-state index in [0.29, 0.717) is 22.3 Å². The van der Waals surface area contributed by atoms with Crippen molar-refractivity contribution in [1.29, 1.82) is 5.41 Å². The van der Waals surface area contributed by atoms with E-state index in [0.717, 1.165) is 27.8 Å². The van der Waals surface area contributed by atoms with E-state index in [9.17, 15) is 40.8 Å². The maximum Gasteiger partial charge on any atom is 0.490 e.